The molecule has 3 rings (SSSR count). The Morgan fingerprint density at radius 2 is 1.89 bits per heavy atom. The van der Waals surface area contributed by atoms with Gasteiger partial charge in [-0.15, -0.1) is 10.2 Å². The van der Waals surface area contributed by atoms with Crippen LogP contribution in [0.25, 0.3) is 11.4 Å². The van der Waals surface area contributed by atoms with Crippen LogP contribution in [0.5, 0.6) is 0 Å². The average Bonchev–Trinajstić information content (AvgIpc) is 3.08. The molecule has 28 heavy (non-hydrogen) atoms. The minimum atomic E-state index is -0.142. The summed E-state index contributed by atoms with van der Waals surface area (Å²) in [5.41, 5.74) is 2.46. The second-order valence-corrected chi connectivity index (χ2v) is 8.17. The van der Waals surface area contributed by atoms with Crippen molar-refractivity contribution in [1.82, 2.24) is 14.8 Å². The van der Waals surface area contributed by atoms with Crippen molar-refractivity contribution in [1.29, 1.82) is 0 Å². The number of amides is 1. The Labute approximate surface area is 182 Å². The number of carbonyl (C=O) groups is 1. The molecule has 1 N–H and O–H groups in total. The standard InChI is InChI=1S/C19H17Cl3N4OS/c1-3-26-18(12-5-7-14(21)15(22)8-12)24-25-19(26)28-10-17(27)23-16-9-13(20)6-4-11(16)2/h4-9H,3,10H2,1-2H3,(H,23,27). The van der Waals surface area contributed by atoms with Crippen LogP contribution in [0.4, 0.5) is 5.69 Å². The largest absolute Gasteiger partial charge is 0.325 e. The molecule has 0 spiro atoms. The summed E-state index contributed by atoms with van der Waals surface area (Å²) in [4.78, 5) is 12.3. The molecule has 146 valence electrons. The Balaban J connectivity index is 1.72. The molecule has 0 atom stereocenters. The Morgan fingerprint density at radius 3 is 2.61 bits per heavy atom. The van der Waals surface area contributed by atoms with Gasteiger partial charge in [0.1, 0.15) is 0 Å². The molecule has 0 radical (unpaired) electrons. The van der Waals surface area contributed by atoms with Gasteiger partial charge in [-0.25, -0.2) is 0 Å². The molecule has 0 saturated carbocycles. The zero-order valence-electron chi connectivity index (χ0n) is 15.2. The van der Waals surface area contributed by atoms with Crippen LogP contribution >= 0.6 is 46.6 Å². The van der Waals surface area contributed by atoms with E-state index in [9.17, 15) is 4.79 Å². The summed E-state index contributed by atoms with van der Waals surface area (Å²) >= 11 is 19.4. The van der Waals surface area contributed by atoms with E-state index in [-0.39, 0.29) is 11.7 Å². The van der Waals surface area contributed by atoms with Crippen molar-refractivity contribution in [2.24, 2.45) is 0 Å². The van der Waals surface area contributed by atoms with Gasteiger partial charge in [0.2, 0.25) is 5.91 Å². The molecular formula is C19H17Cl3N4OS. The molecule has 0 bridgehead atoms. The van der Waals surface area contributed by atoms with Gasteiger partial charge in [0.15, 0.2) is 11.0 Å². The van der Waals surface area contributed by atoms with Crippen LogP contribution in [0.3, 0.4) is 0 Å². The smallest absolute Gasteiger partial charge is 0.234 e. The number of aromatic nitrogens is 3. The summed E-state index contributed by atoms with van der Waals surface area (Å²) in [7, 11) is 0. The summed E-state index contributed by atoms with van der Waals surface area (Å²) in [5.74, 6) is 0.734. The molecule has 2 aromatic carbocycles. The van der Waals surface area contributed by atoms with E-state index in [0.29, 0.717) is 38.3 Å². The fraction of sp³-hybridized carbons (Fsp3) is 0.211. The SMILES string of the molecule is CCn1c(SCC(=O)Nc2cc(Cl)ccc2C)nnc1-c1ccc(Cl)c(Cl)c1. The molecule has 5 nitrogen and oxygen atoms in total. The van der Waals surface area contributed by atoms with E-state index in [1.807, 2.05) is 30.5 Å². The lowest BCUT2D eigenvalue weighted by Crippen LogP contribution is -2.15. The van der Waals surface area contributed by atoms with Gasteiger partial charge in [0.05, 0.1) is 15.8 Å². The second kappa shape index (κ2) is 9.18. The first-order valence-corrected chi connectivity index (χ1v) is 10.6. The third kappa shape index (κ3) is 4.81. The van der Waals surface area contributed by atoms with Crippen LogP contribution < -0.4 is 5.32 Å². The Morgan fingerprint density at radius 1 is 1.11 bits per heavy atom. The maximum Gasteiger partial charge on any atom is 0.234 e. The molecule has 1 amide bonds. The maximum atomic E-state index is 12.3. The van der Waals surface area contributed by atoms with Gasteiger partial charge in [-0.3, -0.25) is 4.79 Å². The summed E-state index contributed by atoms with van der Waals surface area (Å²) in [6.07, 6.45) is 0. The summed E-state index contributed by atoms with van der Waals surface area (Å²) in [5, 5.41) is 13.5. The number of hydrogen-bond acceptors (Lipinski definition) is 4. The van der Waals surface area contributed by atoms with Crippen LogP contribution in [0.15, 0.2) is 41.6 Å². The minimum Gasteiger partial charge on any atom is -0.325 e. The molecule has 1 heterocycles. The molecular weight excluding hydrogens is 439 g/mol. The lowest BCUT2D eigenvalue weighted by Gasteiger charge is -2.10. The van der Waals surface area contributed by atoms with Gasteiger partial charge in [0.25, 0.3) is 0 Å². The third-order valence-corrected chi connectivity index (χ3v) is 5.96. The number of nitrogens with one attached hydrogen (secondary N) is 1. The van der Waals surface area contributed by atoms with Gasteiger partial charge in [-0.1, -0.05) is 52.6 Å². The van der Waals surface area contributed by atoms with Crippen LogP contribution in [0, 0.1) is 6.92 Å². The number of aryl methyl sites for hydroxylation is 1. The molecule has 0 unspecified atom stereocenters. The highest BCUT2D eigenvalue weighted by molar-refractivity contribution is 7.99. The van der Waals surface area contributed by atoms with Crippen molar-refractivity contribution in [3.63, 3.8) is 0 Å². The lowest BCUT2D eigenvalue weighted by molar-refractivity contribution is -0.113. The monoisotopic (exact) mass is 454 g/mol. The number of rotatable bonds is 6. The minimum absolute atomic E-state index is 0.142. The number of nitrogens with zero attached hydrogens (tertiary/aromatic N) is 3. The van der Waals surface area contributed by atoms with E-state index < -0.39 is 0 Å². The van der Waals surface area contributed by atoms with Crippen molar-refractivity contribution in [3.8, 4) is 11.4 Å². The third-order valence-electron chi connectivity index (χ3n) is 4.02. The normalized spacial score (nSPS) is 10.9. The molecule has 9 heteroatoms. The highest BCUT2D eigenvalue weighted by atomic mass is 35.5. The highest BCUT2D eigenvalue weighted by Gasteiger charge is 2.16. The maximum absolute atomic E-state index is 12.3. The predicted octanol–water partition coefficient (Wildman–Crippen LogP) is 5.96. The highest BCUT2D eigenvalue weighted by Crippen LogP contribution is 2.30. The molecule has 3 aromatic rings. The molecule has 0 aliphatic heterocycles. The zero-order chi connectivity index (χ0) is 20.3. The molecule has 0 aliphatic carbocycles. The topological polar surface area (TPSA) is 59.8 Å². The van der Waals surface area contributed by atoms with Crippen molar-refractivity contribution in [3.05, 3.63) is 57.0 Å². The first-order valence-electron chi connectivity index (χ1n) is 8.46. The fourth-order valence-corrected chi connectivity index (χ4v) is 3.85. The van der Waals surface area contributed by atoms with Gasteiger partial charge in [-0.05, 0) is 49.7 Å². The summed E-state index contributed by atoms with van der Waals surface area (Å²) < 4.78 is 1.93. The summed E-state index contributed by atoms with van der Waals surface area (Å²) in [6.45, 7) is 4.56. The van der Waals surface area contributed by atoms with E-state index >= 15 is 0 Å². The van der Waals surface area contributed by atoms with E-state index in [1.54, 1.807) is 24.3 Å². The number of halogens is 3. The number of thioether (sulfide) groups is 1. The lowest BCUT2D eigenvalue weighted by atomic mass is 10.2. The second-order valence-electron chi connectivity index (χ2n) is 5.98. The van der Waals surface area contributed by atoms with Crippen LogP contribution in [-0.4, -0.2) is 26.4 Å². The molecule has 1 aromatic heterocycles. The number of carbonyl (C=O) groups excluding carboxylic acids is 1. The molecule has 0 saturated heterocycles. The van der Waals surface area contributed by atoms with Crippen molar-refractivity contribution >= 4 is 58.2 Å². The number of hydrogen-bond donors (Lipinski definition) is 1. The van der Waals surface area contributed by atoms with E-state index in [2.05, 4.69) is 15.5 Å². The van der Waals surface area contributed by atoms with Gasteiger partial charge in [-0.2, -0.15) is 0 Å². The number of benzene rings is 2. The van der Waals surface area contributed by atoms with Gasteiger partial charge >= 0.3 is 0 Å². The zero-order valence-corrected chi connectivity index (χ0v) is 18.3. The molecule has 0 aliphatic rings. The van der Waals surface area contributed by atoms with Crippen LogP contribution in [0.2, 0.25) is 15.1 Å². The summed E-state index contributed by atoms with van der Waals surface area (Å²) in [6, 6.07) is 10.7. The Bertz CT molecular complexity index is 1020. The first kappa shape index (κ1) is 21.0. The first-order chi connectivity index (χ1) is 13.4. The molecule has 0 fully saturated rings. The van der Waals surface area contributed by atoms with E-state index in [4.69, 9.17) is 34.8 Å². The van der Waals surface area contributed by atoms with Crippen molar-refractivity contribution in [2.75, 3.05) is 11.1 Å². The van der Waals surface area contributed by atoms with Crippen molar-refractivity contribution in [2.45, 2.75) is 25.5 Å². The van der Waals surface area contributed by atoms with Crippen LogP contribution in [0.1, 0.15) is 12.5 Å². The number of anilines is 1. The quantitative estimate of drug-likeness (QED) is 0.466. The average molecular weight is 456 g/mol. The Kier molecular flexibility index (Phi) is 6.88. The van der Waals surface area contributed by atoms with E-state index in [0.717, 1.165) is 11.1 Å². The van der Waals surface area contributed by atoms with Crippen molar-refractivity contribution < 1.29 is 4.79 Å². The van der Waals surface area contributed by atoms with Gasteiger partial charge < -0.3 is 9.88 Å². The van der Waals surface area contributed by atoms with Gasteiger partial charge in [0, 0.05) is 22.8 Å². The van der Waals surface area contributed by atoms with Crippen LogP contribution in [-0.2, 0) is 11.3 Å². The van der Waals surface area contributed by atoms with E-state index in [1.165, 1.54) is 11.8 Å². The fourth-order valence-electron chi connectivity index (χ4n) is 2.57. The Hall–Kier alpha value is -1.73. The predicted molar refractivity (Wildman–Crippen MR) is 117 cm³/mol.